The van der Waals surface area contributed by atoms with Crippen LogP contribution in [0, 0.1) is 11.6 Å². The summed E-state index contributed by atoms with van der Waals surface area (Å²) < 4.78 is 99.2. The smallest absolute Gasteiger partial charge is 0.274 e. The molecule has 0 spiro atoms. The molecule has 17 heteroatoms. The Balaban J connectivity index is 0.000000183. The van der Waals surface area contributed by atoms with Crippen molar-refractivity contribution in [1.29, 1.82) is 0 Å². The third-order valence-corrected chi connectivity index (χ3v) is 5.49. The van der Waals surface area contributed by atoms with Crippen molar-refractivity contribution in [3.05, 3.63) is 127 Å². The molecule has 1 aromatic carbocycles. The number of benzene rings is 1. The molecule has 0 aliphatic heterocycles. The Morgan fingerprint density at radius 3 is 1.24 bits per heavy atom. The lowest BCUT2D eigenvalue weighted by Crippen LogP contribution is -2.04. The van der Waals surface area contributed by atoms with E-state index in [-0.39, 0.29) is 11.4 Å². The predicted molar refractivity (Wildman–Crippen MR) is 152 cm³/mol. The second-order valence-electron chi connectivity index (χ2n) is 8.60. The molecule has 0 amide bonds. The van der Waals surface area contributed by atoms with Crippen molar-refractivity contribution in [2.45, 2.75) is 12.4 Å². The highest BCUT2D eigenvalue weighted by Crippen LogP contribution is 2.30. The molecule has 0 aliphatic rings. The Hall–Kier alpha value is -5.55. The fourth-order valence-electron chi connectivity index (χ4n) is 3.44. The molecule has 0 aliphatic carbocycles. The van der Waals surface area contributed by atoms with Gasteiger partial charge in [-0.2, -0.15) is 36.5 Å². The van der Waals surface area contributed by atoms with Crippen molar-refractivity contribution < 1.29 is 35.1 Å². The summed E-state index contributed by atoms with van der Waals surface area (Å²) in [7, 11) is 0. The number of nitrogens with zero attached hydrogens (tertiary/aromatic N) is 5. The second-order valence-corrected chi connectivity index (χ2v) is 8.60. The van der Waals surface area contributed by atoms with Gasteiger partial charge in [0.05, 0.1) is 17.1 Å². The molecule has 240 valence electrons. The number of aromatic amines is 2. The van der Waals surface area contributed by atoms with Crippen LogP contribution in [0.4, 0.5) is 35.1 Å². The van der Waals surface area contributed by atoms with Gasteiger partial charge in [0.1, 0.15) is 34.4 Å². The zero-order chi connectivity index (χ0) is 33.7. The number of hydrazine groups is 1. The topological polar surface area (TPSA) is 148 Å². The zero-order valence-corrected chi connectivity index (χ0v) is 23.2. The maximum atomic E-state index is 13.3. The van der Waals surface area contributed by atoms with Crippen molar-refractivity contribution in [3.63, 3.8) is 0 Å². The first-order valence-corrected chi connectivity index (χ1v) is 12.7. The van der Waals surface area contributed by atoms with Crippen LogP contribution in [0.5, 0.6) is 0 Å². The number of nitrogens with one attached hydrogen (secondary N) is 2. The summed E-state index contributed by atoms with van der Waals surface area (Å²) in [5.41, 5.74) is 0.252. The molecule has 9 nitrogen and oxygen atoms in total. The summed E-state index contributed by atoms with van der Waals surface area (Å²) >= 11 is 0. The summed E-state index contributed by atoms with van der Waals surface area (Å²) in [5, 5.41) is 10.9. The van der Waals surface area contributed by atoms with E-state index in [1.54, 1.807) is 60.8 Å². The van der Waals surface area contributed by atoms with Gasteiger partial charge in [-0.1, -0.05) is 18.2 Å². The number of hydrogen-bond donors (Lipinski definition) is 4. The maximum absolute atomic E-state index is 13.3. The minimum atomic E-state index is -4.40. The van der Waals surface area contributed by atoms with Gasteiger partial charge in [-0.15, -0.1) is 0 Å². The van der Waals surface area contributed by atoms with E-state index in [2.05, 4.69) is 36.8 Å². The predicted octanol–water partition coefficient (Wildman–Crippen LogP) is 6.83. The number of hydrogen-bond acceptors (Lipinski definition) is 7. The van der Waals surface area contributed by atoms with Gasteiger partial charge in [0.25, 0.3) is 0 Å². The van der Waals surface area contributed by atoms with Crippen LogP contribution in [0.2, 0.25) is 0 Å². The largest absolute Gasteiger partial charge is 0.432 e. The number of aromatic nitrogens is 7. The molecule has 0 unspecified atom stereocenters. The fourth-order valence-corrected chi connectivity index (χ4v) is 3.44. The molecule has 6 N–H and O–H groups in total. The molecule has 5 aromatic heterocycles. The molecule has 5 heterocycles. The van der Waals surface area contributed by atoms with Crippen molar-refractivity contribution in [2.75, 3.05) is 0 Å². The zero-order valence-electron chi connectivity index (χ0n) is 23.2. The van der Waals surface area contributed by atoms with Gasteiger partial charge in [0, 0.05) is 30.2 Å². The molecule has 0 bridgehead atoms. The molecule has 6 rings (SSSR count). The second kappa shape index (κ2) is 16.0. The van der Waals surface area contributed by atoms with Crippen LogP contribution in [-0.2, 0) is 12.4 Å². The van der Waals surface area contributed by atoms with E-state index in [1.807, 2.05) is 10.2 Å². The Bertz CT molecular complexity index is 1670. The van der Waals surface area contributed by atoms with Crippen molar-refractivity contribution in [2.24, 2.45) is 11.7 Å². The molecule has 0 atom stereocenters. The van der Waals surface area contributed by atoms with Crippen LogP contribution in [-0.4, -0.2) is 35.3 Å². The summed E-state index contributed by atoms with van der Waals surface area (Å²) in [6.45, 7) is 0. The van der Waals surface area contributed by atoms with Crippen LogP contribution >= 0.6 is 0 Å². The van der Waals surface area contributed by atoms with Crippen LogP contribution in [0.25, 0.3) is 34.0 Å². The van der Waals surface area contributed by atoms with E-state index in [1.165, 1.54) is 24.5 Å². The van der Waals surface area contributed by atoms with E-state index in [0.717, 1.165) is 18.2 Å². The standard InChI is InChI=1S/C11H7F2N.2C9H6F3N3.H4N2/c12-8-4-5-9(10(13)7-8)11-3-1-2-6-14-11;2*10-9(11,12)8-5-7(14-15-8)6-3-1-2-4-13-6;1-2/h1-7H;2*1-5H,(H,14,15);1-2H2. The average Bonchev–Trinajstić information content (AvgIpc) is 3.76. The van der Waals surface area contributed by atoms with E-state index >= 15 is 0 Å². The number of H-pyrrole nitrogens is 2. The Kier molecular flexibility index (Phi) is 12.1. The first kappa shape index (κ1) is 34.9. The van der Waals surface area contributed by atoms with E-state index in [0.29, 0.717) is 22.6 Å². The van der Waals surface area contributed by atoms with Crippen molar-refractivity contribution in [1.82, 2.24) is 35.3 Å². The van der Waals surface area contributed by atoms with Crippen LogP contribution < -0.4 is 11.7 Å². The third kappa shape index (κ3) is 10.00. The number of rotatable bonds is 3. The van der Waals surface area contributed by atoms with Gasteiger partial charge in [0.2, 0.25) is 0 Å². The van der Waals surface area contributed by atoms with E-state index < -0.39 is 35.4 Å². The number of nitrogens with two attached hydrogens (primary N) is 2. The average molecular weight is 650 g/mol. The van der Waals surface area contributed by atoms with E-state index in [9.17, 15) is 35.1 Å². The third-order valence-electron chi connectivity index (χ3n) is 5.49. The lowest BCUT2D eigenvalue weighted by molar-refractivity contribution is -0.142. The highest BCUT2D eigenvalue weighted by atomic mass is 19.4. The molecule has 0 saturated heterocycles. The molecule has 6 aromatic rings. The summed E-state index contributed by atoms with van der Waals surface area (Å²) in [6.07, 6.45) is -4.24. The van der Waals surface area contributed by atoms with Crippen LogP contribution in [0.15, 0.2) is 104 Å². The van der Waals surface area contributed by atoms with Gasteiger partial charge in [-0.05, 0) is 60.7 Å². The number of alkyl halides is 6. The van der Waals surface area contributed by atoms with Gasteiger partial charge < -0.3 is 0 Å². The summed E-state index contributed by atoms with van der Waals surface area (Å²) in [5.74, 6) is 6.82. The number of halogens is 8. The monoisotopic (exact) mass is 649 g/mol. The quantitative estimate of drug-likeness (QED) is 0.0934. The summed E-state index contributed by atoms with van der Waals surface area (Å²) in [6, 6.07) is 20.4. The SMILES string of the molecule is FC(F)(F)c1cc(-c2ccccn2)n[nH]1.FC(F)(F)c1cc(-c2ccccn2)n[nH]1.Fc1ccc(-c2ccccn2)c(F)c1.NN. The molecular formula is C29H23F8N9. The Morgan fingerprint density at radius 1 is 0.500 bits per heavy atom. The highest BCUT2D eigenvalue weighted by molar-refractivity contribution is 5.59. The van der Waals surface area contributed by atoms with Crippen LogP contribution in [0.1, 0.15) is 11.4 Å². The molecular weight excluding hydrogens is 626 g/mol. The minimum absolute atomic E-state index is 0.183. The fraction of sp³-hybridized carbons (Fsp3) is 0.0690. The van der Waals surface area contributed by atoms with Gasteiger partial charge in [0.15, 0.2) is 0 Å². The van der Waals surface area contributed by atoms with E-state index in [4.69, 9.17) is 0 Å². The Labute approximate surface area is 255 Å². The Morgan fingerprint density at radius 2 is 0.913 bits per heavy atom. The minimum Gasteiger partial charge on any atom is -0.274 e. The highest BCUT2D eigenvalue weighted by Gasteiger charge is 2.34. The number of pyridine rings is 3. The molecule has 0 fully saturated rings. The van der Waals surface area contributed by atoms with Crippen molar-refractivity contribution >= 4 is 0 Å². The molecule has 0 radical (unpaired) electrons. The summed E-state index contributed by atoms with van der Waals surface area (Å²) in [4.78, 5) is 11.8. The lowest BCUT2D eigenvalue weighted by atomic mass is 10.1. The normalized spacial score (nSPS) is 10.8. The van der Waals surface area contributed by atoms with Gasteiger partial charge in [-0.25, -0.2) is 8.78 Å². The molecule has 46 heavy (non-hydrogen) atoms. The first-order chi connectivity index (χ1) is 21.9. The van der Waals surface area contributed by atoms with Crippen molar-refractivity contribution in [3.8, 4) is 34.0 Å². The van der Waals surface area contributed by atoms with Gasteiger partial charge in [-0.3, -0.25) is 36.8 Å². The first-order valence-electron chi connectivity index (χ1n) is 12.7. The maximum Gasteiger partial charge on any atom is 0.432 e. The molecule has 0 saturated carbocycles. The van der Waals surface area contributed by atoms with Gasteiger partial charge >= 0.3 is 12.4 Å². The van der Waals surface area contributed by atoms with Crippen LogP contribution in [0.3, 0.4) is 0 Å². The lowest BCUT2D eigenvalue weighted by Gasteiger charge is -2.01.